The third kappa shape index (κ3) is 5.27. The highest BCUT2D eigenvalue weighted by Crippen LogP contribution is 2.31. The summed E-state index contributed by atoms with van der Waals surface area (Å²) in [7, 11) is 1.72. The van der Waals surface area contributed by atoms with Gasteiger partial charge in [0.05, 0.1) is 18.8 Å². The number of ether oxygens (including phenoxy) is 1. The van der Waals surface area contributed by atoms with E-state index in [4.69, 9.17) is 4.74 Å². The van der Waals surface area contributed by atoms with E-state index >= 15 is 0 Å². The summed E-state index contributed by atoms with van der Waals surface area (Å²) in [5.74, 6) is 1.09. The van der Waals surface area contributed by atoms with Crippen molar-refractivity contribution < 1.29 is 9.53 Å². The Morgan fingerprint density at radius 2 is 1.74 bits per heavy atom. The summed E-state index contributed by atoms with van der Waals surface area (Å²) in [6, 6.07) is 19.3. The summed E-state index contributed by atoms with van der Waals surface area (Å²) in [6.45, 7) is 2.79. The summed E-state index contributed by atoms with van der Waals surface area (Å²) in [5.41, 5.74) is 2.53. The summed E-state index contributed by atoms with van der Waals surface area (Å²) >= 11 is 0. The maximum absolute atomic E-state index is 12.8. The highest BCUT2D eigenvalue weighted by atomic mass is 16.5. The van der Waals surface area contributed by atoms with Gasteiger partial charge in [-0.1, -0.05) is 30.3 Å². The first-order valence-electron chi connectivity index (χ1n) is 10.7. The number of amides is 1. The topological polar surface area (TPSA) is 67.3 Å². The zero-order valence-corrected chi connectivity index (χ0v) is 17.8. The SMILES string of the molecule is COc1ccccc1CN1CCC(C(NC(=O)c2ccccn2)c2ccccn2)CC1. The molecule has 1 amide bonds. The first kappa shape index (κ1) is 21.0. The molecule has 0 saturated carbocycles. The second-order valence-electron chi connectivity index (χ2n) is 7.85. The van der Waals surface area contributed by atoms with Gasteiger partial charge in [-0.2, -0.15) is 0 Å². The van der Waals surface area contributed by atoms with E-state index in [0.717, 1.165) is 43.9 Å². The van der Waals surface area contributed by atoms with E-state index in [9.17, 15) is 4.79 Å². The number of carbonyl (C=O) groups is 1. The monoisotopic (exact) mass is 416 g/mol. The lowest BCUT2D eigenvalue weighted by Gasteiger charge is -2.36. The first-order chi connectivity index (χ1) is 15.2. The fraction of sp³-hybridized carbons (Fsp3) is 0.320. The smallest absolute Gasteiger partial charge is 0.270 e. The number of aromatic nitrogens is 2. The van der Waals surface area contributed by atoms with Crippen molar-refractivity contribution in [2.24, 2.45) is 5.92 Å². The normalized spacial score (nSPS) is 15.9. The Morgan fingerprint density at radius 3 is 2.42 bits per heavy atom. The van der Waals surface area contributed by atoms with Crippen molar-refractivity contribution in [3.8, 4) is 5.75 Å². The van der Waals surface area contributed by atoms with Crippen LogP contribution < -0.4 is 10.1 Å². The van der Waals surface area contributed by atoms with Gasteiger partial charge in [-0.25, -0.2) is 0 Å². The Bertz CT molecular complexity index is 973. The molecule has 2 aromatic heterocycles. The molecule has 0 aliphatic carbocycles. The minimum Gasteiger partial charge on any atom is -0.496 e. The van der Waals surface area contributed by atoms with Gasteiger partial charge < -0.3 is 10.1 Å². The van der Waals surface area contributed by atoms with Crippen molar-refractivity contribution in [1.29, 1.82) is 0 Å². The molecule has 1 aliphatic heterocycles. The molecule has 31 heavy (non-hydrogen) atoms. The molecule has 6 heteroatoms. The summed E-state index contributed by atoms with van der Waals surface area (Å²) in [4.78, 5) is 24.0. The molecule has 1 atom stereocenters. The molecule has 0 spiro atoms. The number of hydrogen-bond acceptors (Lipinski definition) is 5. The van der Waals surface area contributed by atoms with Gasteiger partial charge in [-0.05, 0) is 62.2 Å². The minimum absolute atomic E-state index is 0.135. The molecule has 0 bridgehead atoms. The van der Waals surface area contributed by atoms with Crippen LogP contribution in [0.2, 0.25) is 0 Å². The molecule has 6 nitrogen and oxygen atoms in total. The van der Waals surface area contributed by atoms with Crippen molar-refractivity contribution in [1.82, 2.24) is 20.2 Å². The largest absolute Gasteiger partial charge is 0.496 e. The minimum atomic E-state index is -0.160. The van der Waals surface area contributed by atoms with Crippen LogP contribution in [0.3, 0.4) is 0 Å². The molecule has 3 heterocycles. The highest BCUT2D eigenvalue weighted by molar-refractivity contribution is 5.92. The van der Waals surface area contributed by atoms with Gasteiger partial charge >= 0.3 is 0 Å². The second-order valence-corrected chi connectivity index (χ2v) is 7.85. The standard InChI is InChI=1S/C25H28N4O2/c1-31-23-11-3-2-8-20(23)18-29-16-12-19(13-17-29)24(21-9-4-6-14-26-21)28-25(30)22-10-5-7-15-27-22/h2-11,14-15,19,24H,12-13,16-18H2,1H3,(H,28,30). The first-order valence-corrected chi connectivity index (χ1v) is 10.7. The van der Waals surface area contributed by atoms with E-state index in [1.807, 2.05) is 42.5 Å². The highest BCUT2D eigenvalue weighted by Gasteiger charge is 2.30. The van der Waals surface area contributed by atoms with Crippen LogP contribution in [0.15, 0.2) is 73.1 Å². The average Bonchev–Trinajstić information content (AvgIpc) is 2.84. The number of piperidine rings is 1. The molecule has 160 valence electrons. The van der Waals surface area contributed by atoms with Gasteiger partial charge in [0.2, 0.25) is 0 Å². The maximum atomic E-state index is 12.8. The van der Waals surface area contributed by atoms with E-state index in [-0.39, 0.29) is 11.9 Å². The van der Waals surface area contributed by atoms with Gasteiger partial charge in [-0.15, -0.1) is 0 Å². The second kappa shape index (κ2) is 10.2. The van der Waals surface area contributed by atoms with E-state index in [2.05, 4.69) is 32.3 Å². The fourth-order valence-corrected chi connectivity index (χ4v) is 4.22. The molecule has 1 aromatic carbocycles. The molecule has 1 N–H and O–H groups in total. The molecule has 1 aliphatic rings. The molecular weight excluding hydrogens is 388 g/mol. The van der Waals surface area contributed by atoms with Gasteiger partial charge in [0.25, 0.3) is 5.91 Å². The fourth-order valence-electron chi connectivity index (χ4n) is 4.22. The summed E-state index contributed by atoms with van der Waals surface area (Å²) < 4.78 is 5.50. The van der Waals surface area contributed by atoms with E-state index in [0.29, 0.717) is 11.6 Å². The molecule has 1 unspecified atom stereocenters. The van der Waals surface area contributed by atoms with Crippen molar-refractivity contribution >= 4 is 5.91 Å². The van der Waals surface area contributed by atoms with Crippen LogP contribution in [0, 0.1) is 5.92 Å². The lowest BCUT2D eigenvalue weighted by Crippen LogP contribution is -2.41. The number of hydrogen-bond donors (Lipinski definition) is 1. The summed E-state index contributed by atoms with van der Waals surface area (Å²) in [6.07, 6.45) is 5.39. The molecule has 4 rings (SSSR count). The van der Waals surface area contributed by atoms with E-state index < -0.39 is 0 Å². The number of carbonyl (C=O) groups excluding carboxylic acids is 1. The lowest BCUT2D eigenvalue weighted by atomic mass is 9.87. The predicted octanol–water partition coefficient (Wildman–Crippen LogP) is 3.87. The molecule has 1 fully saturated rings. The number of rotatable bonds is 7. The summed E-state index contributed by atoms with van der Waals surface area (Å²) in [5, 5.41) is 3.20. The van der Waals surface area contributed by atoms with Crippen LogP contribution in [0.25, 0.3) is 0 Å². The Morgan fingerprint density at radius 1 is 1.03 bits per heavy atom. The van der Waals surface area contributed by atoms with Crippen LogP contribution in [0.1, 0.15) is 40.6 Å². The van der Waals surface area contributed by atoms with E-state index in [1.165, 1.54) is 5.56 Å². The van der Waals surface area contributed by atoms with Crippen LogP contribution in [-0.2, 0) is 6.54 Å². The molecule has 1 saturated heterocycles. The number of benzene rings is 1. The van der Waals surface area contributed by atoms with Crippen LogP contribution in [0.4, 0.5) is 0 Å². The maximum Gasteiger partial charge on any atom is 0.270 e. The van der Waals surface area contributed by atoms with Crippen LogP contribution >= 0.6 is 0 Å². The molecular formula is C25H28N4O2. The number of para-hydroxylation sites is 1. The van der Waals surface area contributed by atoms with Gasteiger partial charge in [0, 0.05) is 24.5 Å². The van der Waals surface area contributed by atoms with Crippen molar-refractivity contribution in [3.05, 3.63) is 90.0 Å². The Balaban J connectivity index is 1.44. The van der Waals surface area contributed by atoms with E-state index in [1.54, 1.807) is 25.6 Å². The van der Waals surface area contributed by atoms with Crippen molar-refractivity contribution in [2.45, 2.75) is 25.4 Å². The lowest BCUT2D eigenvalue weighted by molar-refractivity contribution is 0.0883. The van der Waals surface area contributed by atoms with Gasteiger partial charge in [-0.3, -0.25) is 19.7 Å². The third-order valence-corrected chi connectivity index (χ3v) is 5.88. The van der Waals surface area contributed by atoms with Crippen molar-refractivity contribution in [2.75, 3.05) is 20.2 Å². The number of nitrogens with one attached hydrogen (secondary N) is 1. The number of likely N-dealkylation sites (tertiary alicyclic amines) is 1. The van der Waals surface area contributed by atoms with Gasteiger partial charge in [0.1, 0.15) is 11.4 Å². The number of methoxy groups -OCH3 is 1. The predicted molar refractivity (Wildman–Crippen MR) is 120 cm³/mol. The van der Waals surface area contributed by atoms with Crippen LogP contribution in [-0.4, -0.2) is 41.0 Å². The number of nitrogens with zero attached hydrogens (tertiary/aromatic N) is 3. The molecule has 0 radical (unpaired) electrons. The Kier molecular flexibility index (Phi) is 6.89. The van der Waals surface area contributed by atoms with Crippen LogP contribution in [0.5, 0.6) is 5.75 Å². The van der Waals surface area contributed by atoms with Gasteiger partial charge in [0.15, 0.2) is 0 Å². The average molecular weight is 417 g/mol. The zero-order chi connectivity index (χ0) is 21.5. The quantitative estimate of drug-likeness (QED) is 0.633. The van der Waals surface area contributed by atoms with Crippen molar-refractivity contribution in [3.63, 3.8) is 0 Å². The number of pyridine rings is 2. The Labute approximate surface area is 183 Å². The third-order valence-electron chi connectivity index (χ3n) is 5.88. The zero-order valence-electron chi connectivity index (χ0n) is 17.8. The Hall–Kier alpha value is -3.25. The molecule has 3 aromatic rings.